The van der Waals surface area contributed by atoms with Gasteiger partial charge in [0.15, 0.2) is 5.92 Å². The van der Waals surface area contributed by atoms with Gasteiger partial charge in [-0.05, 0) is 55.3 Å². The summed E-state index contributed by atoms with van der Waals surface area (Å²) in [5, 5.41) is 2.00. The molecular weight excluding hydrogens is 398 g/mol. The topological polar surface area (TPSA) is 64.4 Å². The van der Waals surface area contributed by atoms with Gasteiger partial charge in [0.2, 0.25) is 11.9 Å². The number of rotatable bonds is 6. The first kappa shape index (κ1) is 20.6. The average molecular weight is 426 g/mol. The van der Waals surface area contributed by atoms with Crippen molar-refractivity contribution in [2.45, 2.75) is 40.2 Å². The third kappa shape index (κ3) is 3.41. The maximum Gasteiger partial charge on any atom is 0.321 e. The maximum atomic E-state index is 13.7. The Balaban J connectivity index is 1.96. The summed E-state index contributed by atoms with van der Waals surface area (Å²) in [4.78, 5) is 34.3. The number of hydrogen-bond acceptors (Lipinski definition) is 5. The van der Waals surface area contributed by atoms with Crippen LogP contribution in [0.3, 0.4) is 0 Å². The molecule has 3 aromatic rings. The predicted octanol–water partition coefficient (Wildman–Crippen LogP) is 4.57. The summed E-state index contributed by atoms with van der Waals surface area (Å²) in [6, 6.07) is 9.41. The first-order valence-corrected chi connectivity index (χ1v) is 11.3. The molecule has 0 N–H and O–H groups in total. The number of benzene rings is 1. The summed E-state index contributed by atoms with van der Waals surface area (Å²) in [5.41, 5.74) is 2.80. The molecule has 158 valence electrons. The van der Waals surface area contributed by atoms with E-state index in [1.807, 2.05) is 42.6 Å². The van der Waals surface area contributed by atoms with Crippen molar-refractivity contribution in [2.75, 3.05) is 18.1 Å². The zero-order valence-corrected chi connectivity index (χ0v) is 18.6. The number of esters is 1. The quantitative estimate of drug-likeness (QED) is 0.429. The second-order valence-electron chi connectivity index (χ2n) is 8.09. The van der Waals surface area contributed by atoms with E-state index in [0.29, 0.717) is 18.4 Å². The molecule has 6 nitrogen and oxygen atoms in total. The SMILES string of the molecule is CCOC(=O)C1C(=O)N(CCC(C)C)c2nc3ccccc3n2C1c1sccc1C. The van der Waals surface area contributed by atoms with Crippen LogP contribution in [0.5, 0.6) is 0 Å². The van der Waals surface area contributed by atoms with E-state index in [1.54, 1.807) is 23.2 Å². The van der Waals surface area contributed by atoms with E-state index in [9.17, 15) is 9.59 Å². The molecule has 3 heterocycles. The van der Waals surface area contributed by atoms with Crippen molar-refractivity contribution in [1.82, 2.24) is 9.55 Å². The molecule has 0 saturated heterocycles. The number of nitrogens with zero attached hydrogens (tertiary/aromatic N) is 3. The Morgan fingerprint density at radius 2 is 2.03 bits per heavy atom. The molecule has 2 unspecified atom stereocenters. The van der Waals surface area contributed by atoms with Crippen LogP contribution in [-0.2, 0) is 14.3 Å². The highest BCUT2D eigenvalue weighted by molar-refractivity contribution is 7.10. The maximum absolute atomic E-state index is 13.7. The number of fused-ring (bicyclic) bond motifs is 3. The molecule has 2 atom stereocenters. The number of para-hydroxylation sites is 2. The Bertz CT molecular complexity index is 1080. The van der Waals surface area contributed by atoms with Crippen molar-refractivity contribution >= 4 is 40.2 Å². The number of anilines is 1. The molecule has 1 aliphatic rings. The number of aromatic nitrogens is 2. The Morgan fingerprint density at radius 1 is 1.27 bits per heavy atom. The first-order valence-electron chi connectivity index (χ1n) is 10.4. The minimum Gasteiger partial charge on any atom is -0.465 e. The van der Waals surface area contributed by atoms with E-state index < -0.39 is 17.9 Å². The highest BCUT2D eigenvalue weighted by Crippen LogP contribution is 2.43. The number of carbonyl (C=O) groups excluding carboxylic acids is 2. The second-order valence-corrected chi connectivity index (χ2v) is 9.03. The van der Waals surface area contributed by atoms with Crippen LogP contribution in [-0.4, -0.2) is 34.6 Å². The number of thiophene rings is 1. The monoisotopic (exact) mass is 425 g/mol. The molecule has 0 bridgehead atoms. The van der Waals surface area contributed by atoms with Crippen LogP contribution in [0.15, 0.2) is 35.7 Å². The number of imidazole rings is 1. The fraction of sp³-hybridized carbons (Fsp3) is 0.435. The Morgan fingerprint density at radius 3 is 2.70 bits per heavy atom. The van der Waals surface area contributed by atoms with E-state index in [1.165, 1.54) is 0 Å². The van der Waals surface area contributed by atoms with Gasteiger partial charge in [-0.25, -0.2) is 4.98 Å². The number of aryl methyl sites for hydroxylation is 1. The molecule has 0 saturated carbocycles. The molecule has 4 rings (SSSR count). The lowest BCUT2D eigenvalue weighted by atomic mass is 9.92. The van der Waals surface area contributed by atoms with Crippen LogP contribution in [0.2, 0.25) is 0 Å². The minimum atomic E-state index is -0.931. The van der Waals surface area contributed by atoms with E-state index in [4.69, 9.17) is 9.72 Å². The summed E-state index contributed by atoms with van der Waals surface area (Å²) in [5.74, 6) is -0.596. The van der Waals surface area contributed by atoms with Crippen molar-refractivity contribution in [3.05, 3.63) is 46.2 Å². The van der Waals surface area contributed by atoms with Crippen LogP contribution in [0, 0.1) is 18.8 Å². The predicted molar refractivity (Wildman–Crippen MR) is 119 cm³/mol. The van der Waals surface area contributed by atoms with Crippen molar-refractivity contribution < 1.29 is 14.3 Å². The van der Waals surface area contributed by atoms with E-state index >= 15 is 0 Å². The number of carbonyl (C=O) groups is 2. The van der Waals surface area contributed by atoms with Gasteiger partial charge in [-0.3, -0.25) is 19.1 Å². The molecule has 30 heavy (non-hydrogen) atoms. The summed E-state index contributed by atoms with van der Waals surface area (Å²) >= 11 is 1.57. The van der Waals surface area contributed by atoms with Crippen molar-refractivity contribution in [2.24, 2.45) is 11.8 Å². The first-order chi connectivity index (χ1) is 14.4. The lowest BCUT2D eigenvalue weighted by Gasteiger charge is -2.37. The van der Waals surface area contributed by atoms with Crippen molar-refractivity contribution in [3.8, 4) is 0 Å². The van der Waals surface area contributed by atoms with Gasteiger partial charge in [-0.1, -0.05) is 26.0 Å². The lowest BCUT2D eigenvalue weighted by Crippen LogP contribution is -2.50. The van der Waals surface area contributed by atoms with E-state index in [2.05, 4.69) is 18.4 Å². The summed E-state index contributed by atoms with van der Waals surface area (Å²) < 4.78 is 7.45. The fourth-order valence-electron chi connectivity index (χ4n) is 4.06. The Hall–Kier alpha value is -2.67. The van der Waals surface area contributed by atoms with Crippen LogP contribution >= 0.6 is 11.3 Å². The van der Waals surface area contributed by atoms with Crippen LogP contribution in [0.25, 0.3) is 11.0 Å². The van der Waals surface area contributed by atoms with Gasteiger partial charge in [0, 0.05) is 11.4 Å². The molecule has 0 spiro atoms. The lowest BCUT2D eigenvalue weighted by molar-refractivity contribution is -0.153. The summed E-state index contributed by atoms with van der Waals surface area (Å²) in [6.07, 6.45) is 0.827. The van der Waals surface area contributed by atoms with Gasteiger partial charge in [-0.15, -0.1) is 11.3 Å². The molecule has 0 aliphatic carbocycles. The Kier molecular flexibility index (Phi) is 5.64. The number of hydrogen-bond donors (Lipinski definition) is 0. The van der Waals surface area contributed by atoms with E-state index in [-0.39, 0.29) is 12.5 Å². The molecular formula is C23H27N3O3S. The molecule has 7 heteroatoms. The van der Waals surface area contributed by atoms with Crippen LogP contribution in [0.4, 0.5) is 5.95 Å². The standard InChI is InChI=1S/C23H27N3O3S/c1-5-29-22(28)18-19(20-15(4)11-13-30-20)26-17-9-7-6-8-16(17)24-23(26)25(21(18)27)12-10-14(2)3/h6-9,11,13-14,18-19H,5,10,12H2,1-4H3. The minimum absolute atomic E-state index is 0.227. The Labute approximate surface area is 180 Å². The van der Waals surface area contributed by atoms with Crippen molar-refractivity contribution in [1.29, 1.82) is 0 Å². The number of ether oxygens (including phenoxy) is 1. The van der Waals surface area contributed by atoms with E-state index in [0.717, 1.165) is 27.9 Å². The second kappa shape index (κ2) is 8.22. The van der Waals surface area contributed by atoms with Gasteiger partial charge in [0.25, 0.3) is 0 Å². The largest absolute Gasteiger partial charge is 0.465 e. The van der Waals surface area contributed by atoms with Crippen molar-refractivity contribution in [3.63, 3.8) is 0 Å². The van der Waals surface area contributed by atoms with Gasteiger partial charge in [0.05, 0.1) is 23.7 Å². The van der Waals surface area contributed by atoms with Gasteiger partial charge >= 0.3 is 5.97 Å². The average Bonchev–Trinajstić information content (AvgIpc) is 3.30. The zero-order chi connectivity index (χ0) is 21.4. The van der Waals surface area contributed by atoms with Crippen LogP contribution in [0.1, 0.15) is 43.7 Å². The summed E-state index contributed by atoms with van der Waals surface area (Å²) in [6.45, 7) is 8.79. The molecule has 1 amide bonds. The van der Waals surface area contributed by atoms with Crippen LogP contribution < -0.4 is 4.90 Å². The highest BCUT2D eigenvalue weighted by Gasteiger charge is 2.48. The van der Waals surface area contributed by atoms with Gasteiger partial charge < -0.3 is 4.74 Å². The normalized spacial score (nSPS) is 18.8. The molecule has 0 radical (unpaired) electrons. The molecule has 0 fully saturated rings. The van der Waals surface area contributed by atoms with Gasteiger partial charge in [0.1, 0.15) is 0 Å². The smallest absolute Gasteiger partial charge is 0.321 e. The zero-order valence-electron chi connectivity index (χ0n) is 17.8. The highest BCUT2D eigenvalue weighted by atomic mass is 32.1. The molecule has 1 aromatic carbocycles. The van der Waals surface area contributed by atoms with Gasteiger partial charge in [-0.2, -0.15) is 0 Å². The fourth-order valence-corrected chi connectivity index (χ4v) is 5.12. The third-order valence-electron chi connectivity index (χ3n) is 5.59. The molecule has 2 aromatic heterocycles. The number of amides is 1. The third-order valence-corrected chi connectivity index (χ3v) is 6.68. The molecule has 1 aliphatic heterocycles. The summed E-state index contributed by atoms with van der Waals surface area (Å²) in [7, 11) is 0.